The van der Waals surface area contributed by atoms with E-state index in [0.717, 1.165) is 51.3 Å². The Labute approximate surface area is 147 Å². The molecule has 25 heavy (non-hydrogen) atoms. The quantitative estimate of drug-likeness (QED) is 0.856. The molecule has 1 aliphatic heterocycles. The maximum Gasteiger partial charge on any atom is 0.228 e. The molecule has 138 valence electrons. The van der Waals surface area contributed by atoms with E-state index in [9.17, 15) is 13.6 Å². The van der Waals surface area contributed by atoms with Crippen LogP contribution in [0.5, 0.6) is 0 Å². The van der Waals surface area contributed by atoms with Gasteiger partial charge < -0.3 is 10.1 Å². The molecule has 0 aromatic heterocycles. The summed E-state index contributed by atoms with van der Waals surface area (Å²) in [6.45, 7) is 2.63. The Balaban J connectivity index is 1.48. The minimum atomic E-state index is -0.541. The third kappa shape index (κ3) is 4.36. The lowest BCUT2D eigenvalue weighted by Crippen LogP contribution is -2.53. The number of hydrogen-bond donors (Lipinski definition) is 1. The van der Waals surface area contributed by atoms with Gasteiger partial charge >= 0.3 is 0 Å². The van der Waals surface area contributed by atoms with Crippen molar-refractivity contribution in [2.24, 2.45) is 5.41 Å². The first-order valence-electron chi connectivity index (χ1n) is 8.98. The van der Waals surface area contributed by atoms with Crippen LogP contribution in [0.4, 0.5) is 8.78 Å². The van der Waals surface area contributed by atoms with Gasteiger partial charge in [-0.05, 0) is 43.4 Å². The number of piperidine rings is 1. The fourth-order valence-corrected chi connectivity index (χ4v) is 3.85. The summed E-state index contributed by atoms with van der Waals surface area (Å²) in [5.74, 6) is -0.964. The summed E-state index contributed by atoms with van der Waals surface area (Å²) < 4.78 is 31.8. The van der Waals surface area contributed by atoms with E-state index in [1.807, 2.05) is 0 Å². The van der Waals surface area contributed by atoms with Crippen LogP contribution in [0.1, 0.15) is 37.7 Å². The van der Waals surface area contributed by atoms with Gasteiger partial charge in [-0.2, -0.15) is 0 Å². The zero-order valence-electron chi connectivity index (χ0n) is 14.7. The zero-order chi connectivity index (χ0) is 17.9. The largest absolute Gasteiger partial charge is 0.384 e. The van der Waals surface area contributed by atoms with Gasteiger partial charge in [-0.15, -0.1) is 0 Å². The van der Waals surface area contributed by atoms with Crippen molar-refractivity contribution >= 4 is 5.91 Å². The van der Waals surface area contributed by atoms with E-state index in [-0.39, 0.29) is 17.4 Å². The predicted molar refractivity (Wildman–Crippen MR) is 91.0 cm³/mol. The Morgan fingerprint density at radius 1 is 1.24 bits per heavy atom. The van der Waals surface area contributed by atoms with Crippen LogP contribution in [0, 0.1) is 17.0 Å². The van der Waals surface area contributed by atoms with Crippen molar-refractivity contribution in [1.82, 2.24) is 10.2 Å². The third-order valence-electron chi connectivity index (χ3n) is 5.46. The van der Waals surface area contributed by atoms with Gasteiger partial charge in [0.15, 0.2) is 0 Å². The highest BCUT2D eigenvalue weighted by Gasteiger charge is 2.44. The molecule has 1 amide bonds. The molecular weight excluding hydrogens is 326 g/mol. The Kier molecular flexibility index (Phi) is 5.69. The molecule has 0 unspecified atom stereocenters. The van der Waals surface area contributed by atoms with Crippen molar-refractivity contribution in [2.45, 2.75) is 44.7 Å². The van der Waals surface area contributed by atoms with Gasteiger partial charge in [0, 0.05) is 38.9 Å². The first-order valence-corrected chi connectivity index (χ1v) is 8.98. The van der Waals surface area contributed by atoms with Crippen LogP contribution in [0.15, 0.2) is 18.2 Å². The minimum absolute atomic E-state index is 0.117. The lowest BCUT2D eigenvalue weighted by atomic mass is 9.68. The Bertz CT molecular complexity index is 591. The molecule has 1 heterocycles. The van der Waals surface area contributed by atoms with Crippen molar-refractivity contribution in [3.8, 4) is 0 Å². The number of nitrogens with one attached hydrogen (secondary N) is 1. The molecule has 4 nitrogen and oxygen atoms in total. The number of amides is 1. The van der Waals surface area contributed by atoms with E-state index in [4.69, 9.17) is 4.74 Å². The molecule has 0 spiro atoms. The van der Waals surface area contributed by atoms with E-state index in [0.29, 0.717) is 18.7 Å². The van der Waals surface area contributed by atoms with E-state index >= 15 is 0 Å². The van der Waals surface area contributed by atoms with E-state index in [1.54, 1.807) is 7.11 Å². The topological polar surface area (TPSA) is 41.6 Å². The highest BCUT2D eigenvalue weighted by atomic mass is 19.1. The summed E-state index contributed by atoms with van der Waals surface area (Å²) >= 11 is 0. The molecule has 6 heteroatoms. The molecule has 1 N–H and O–H groups in total. The third-order valence-corrected chi connectivity index (χ3v) is 5.46. The molecule has 0 bridgehead atoms. The second-order valence-corrected chi connectivity index (χ2v) is 7.37. The maximum absolute atomic E-state index is 13.3. The Morgan fingerprint density at radius 2 is 1.88 bits per heavy atom. The van der Waals surface area contributed by atoms with Gasteiger partial charge in [0.1, 0.15) is 11.6 Å². The number of methoxy groups -OCH3 is 1. The van der Waals surface area contributed by atoms with Crippen LogP contribution in [0.25, 0.3) is 0 Å². The van der Waals surface area contributed by atoms with Crippen LogP contribution in [-0.2, 0) is 16.1 Å². The summed E-state index contributed by atoms with van der Waals surface area (Å²) in [7, 11) is 1.64. The Morgan fingerprint density at radius 3 is 2.40 bits per heavy atom. The molecule has 1 saturated carbocycles. The highest BCUT2D eigenvalue weighted by Crippen LogP contribution is 2.41. The van der Waals surface area contributed by atoms with Crippen molar-refractivity contribution in [1.29, 1.82) is 0 Å². The SMILES string of the molecule is COCC1(C(=O)NC2CCN(Cc3cc(F)cc(F)c3)CC2)CCC1. The molecule has 1 aliphatic carbocycles. The molecule has 2 fully saturated rings. The number of rotatable bonds is 6. The number of carbonyl (C=O) groups excluding carboxylic acids is 1. The molecule has 1 aromatic rings. The van der Waals surface area contributed by atoms with Gasteiger partial charge in [-0.3, -0.25) is 9.69 Å². The van der Waals surface area contributed by atoms with Gasteiger partial charge in [-0.1, -0.05) is 6.42 Å². The lowest BCUT2D eigenvalue weighted by molar-refractivity contribution is -0.141. The number of nitrogens with zero attached hydrogens (tertiary/aromatic N) is 1. The maximum atomic E-state index is 13.3. The second kappa shape index (κ2) is 7.79. The minimum Gasteiger partial charge on any atom is -0.384 e. The van der Waals surface area contributed by atoms with Crippen molar-refractivity contribution in [2.75, 3.05) is 26.8 Å². The number of halogens is 2. The van der Waals surface area contributed by atoms with Crippen LogP contribution >= 0.6 is 0 Å². The van der Waals surface area contributed by atoms with Crippen LogP contribution < -0.4 is 5.32 Å². The predicted octanol–water partition coefficient (Wildman–Crippen LogP) is 2.86. The molecule has 1 aromatic carbocycles. The lowest BCUT2D eigenvalue weighted by Gasteiger charge is -2.41. The van der Waals surface area contributed by atoms with Gasteiger partial charge in [0.05, 0.1) is 12.0 Å². The molecule has 1 saturated heterocycles. The number of ether oxygens (including phenoxy) is 1. The van der Waals surface area contributed by atoms with E-state index < -0.39 is 11.6 Å². The van der Waals surface area contributed by atoms with E-state index in [2.05, 4.69) is 10.2 Å². The van der Waals surface area contributed by atoms with Gasteiger partial charge in [-0.25, -0.2) is 8.78 Å². The molecule has 2 aliphatic rings. The first-order chi connectivity index (χ1) is 12.0. The van der Waals surface area contributed by atoms with Gasteiger partial charge in [0.25, 0.3) is 0 Å². The number of carbonyl (C=O) groups is 1. The smallest absolute Gasteiger partial charge is 0.228 e. The summed E-state index contributed by atoms with van der Waals surface area (Å²) in [5, 5.41) is 3.18. The fourth-order valence-electron chi connectivity index (χ4n) is 3.85. The zero-order valence-corrected chi connectivity index (χ0v) is 14.7. The summed E-state index contributed by atoms with van der Waals surface area (Å²) in [4.78, 5) is 14.7. The summed E-state index contributed by atoms with van der Waals surface area (Å²) in [6, 6.07) is 3.81. The van der Waals surface area contributed by atoms with Crippen molar-refractivity contribution < 1.29 is 18.3 Å². The molecule has 0 atom stereocenters. The van der Waals surface area contributed by atoms with Crippen LogP contribution in [0.2, 0.25) is 0 Å². The van der Waals surface area contributed by atoms with Gasteiger partial charge in [0.2, 0.25) is 5.91 Å². The summed E-state index contributed by atoms with van der Waals surface area (Å²) in [6.07, 6.45) is 4.59. The average molecular weight is 352 g/mol. The van der Waals surface area contributed by atoms with Crippen molar-refractivity contribution in [3.05, 3.63) is 35.4 Å². The summed E-state index contributed by atoms with van der Waals surface area (Å²) in [5.41, 5.74) is 0.318. The molecular formula is C19H26F2N2O2. The van der Waals surface area contributed by atoms with Crippen LogP contribution in [0.3, 0.4) is 0 Å². The molecule has 3 rings (SSSR count). The first kappa shape index (κ1) is 18.3. The molecule has 0 radical (unpaired) electrons. The Hall–Kier alpha value is -1.53. The average Bonchev–Trinajstić information content (AvgIpc) is 2.51. The normalized spacial score (nSPS) is 20.9. The standard InChI is InChI=1S/C19H26F2N2O2/c1-25-13-19(5-2-6-19)18(24)22-17-3-7-23(8-4-17)12-14-9-15(20)11-16(21)10-14/h9-11,17H,2-8,12-13H2,1H3,(H,22,24). The second-order valence-electron chi connectivity index (χ2n) is 7.37. The fraction of sp³-hybridized carbons (Fsp3) is 0.632. The van der Waals surface area contributed by atoms with Crippen molar-refractivity contribution in [3.63, 3.8) is 0 Å². The number of benzene rings is 1. The highest BCUT2D eigenvalue weighted by molar-refractivity contribution is 5.84. The number of hydrogen-bond acceptors (Lipinski definition) is 3. The number of likely N-dealkylation sites (tertiary alicyclic amines) is 1. The monoisotopic (exact) mass is 352 g/mol. The van der Waals surface area contributed by atoms with E-state index in [1.165, 1.54) is 12.1 Å². The van der Waals surface area contributed by atoms with Crippen LogP contribution in [-0.4, -0.2) is 43.7 Å².